The summed E-state index contributed by atoms with van der Waals surface area (Å²) in [7, 11) is 0. The Morgan fingerprint density at radius 3 is 2.86 bits per heavy atom. The summed E-state index contributed by atoms with van der Waals surface area (Å²) in [5.41, 5.74) is 0.548. The van der Waals surface area contributed by atoms with E-state index in [1.807, 2.05) is 19.9 Å². The second-order valence-corrected chi connectivity index (χ2v) is 5.70. The lowest BCUT2D eigenvalue weighted by Gasteiger charge is -2.37. The number of nitrogens with zero attached hydrogens (tertiary/aromatic N) is 1. The van der Waals surface area contributed by atoms with Crippen molar-refractivity contribution in [2.24, 2.45) is 5.92 Å². The van der Waals surface area contributed by atoms with E-state index in [4.69, 9.17) is 4.74 Å². The van der Waals surface area contributed by atoms with Crippen LogP contribution in [0.2, 0.25) is 0 Å². The molecule has 22 heavy (non-hydrogen) atoms. The van der Waals surface area contributed by atoms with Gasteiger partial charge in [0.25, 0.3) is 5.91 Å². The predicted molar refractivity (Wildman–Crippen MR) is 83.1 cm³/mol. The van der Waals surface area contributed by atoms with Gasteiger partial charge in [-0.25, -0.2) is 0 Å². The Kier molecular flexibility index (Phi) is 5.41. The van der Waals surface area contributed by atoms with Crippen molar-refractivity contribution in [2.45, 2.75) is 39.2 Å². The maximum atomic E-state index is 12.7. The minimum atomic E-state index is -0.829. The molecule has 1 saturated heterocycles. The fourth-order valence-corrected chi connectivity index (χ4v) is 2.86. The third-order valence-corrected chi connectivity index (χ3v) is 4.12. The zero-order valence-electron chi connectivity index (χ0n) is 13.1. The number of piperidine rings is 1. The molecule has 5 nitrogen and oxygen atoms in total. The minimum absolute atomic E-state index is 0.125. The molecule has 2 atom stereocenters. The number of hydrogen-bond donors (Lipinski definition) is 1. The summed E-state index contributed by atoms with van der Waals surface area (Å²) < 4.78 is 5.55. The second kappa shape index (κ2) is 7.29. The van der Waals surface area contributed by atoms with Gasteiger partial charge in [-0.3, -0.25) is 9.59 Å². The zero-order chi connectivity index (χ0) is 16.1. The number of carboxylic acid groups (broad SMARTS) is 1. The molecule has 1 heterocycles. The summed E-state index contributed by atoms with van der Waals surface area (Å²) >= 11 is 0. The summed E-state index contributed by atoms with van der Waals surface area (Å²) in [5, 5.41) is 9.26. The van der Waals surface area contributed by atoms with E-state index in [0.717, 1.165) is 12.8 Å². The third kappa shape index (κ3) is 3.59. The molecule has 1 aromatic carbocycles. The van der Waals surface area contributed by atoms with E-state index in [-0.39, 0.29) is 11.9 Å². The van der Waals surface area contributed by atoms with E-state index in [0.29, 0.717) is 30.9 Å². The van der Waals surface area contributed by atoms with Gasteiger partial charge in [0.15, 0.2) is 0 Å². The molecular weight excluding hydrogens is 282 g/mol. The van der Waals surface area contributed by atoms with Crippen molar-refractivity contribution in [3.63, 3.8) is 0 Å². The Hall–Kier alpha value is -2.04. The molecule has 1 N–H and O–H groups in total. The van der Waals surface area contributed by atoms with Crippen LogP contribution >= 0.6 is 0 Å². The number of aliphatic carboxylic acids is 1. The molecule has 0 bridgehead atoms. The van der Waals surface area contributed by atoms with Crippen molar-refractivity contribution in [1.29, 1.82) is 0 Å². The molecule has 1 aromatic rings. The molecule has 2 rings (SSSR count). The van der Waals surface area contributed by atoms with Crippen molar-refractivity contribution in [1.82, 2.24) is 4.90 Å². The van der Waals surface area contributed by atoms with E-state index >= 15 is 0 Å². The lowest BCUT2D eigenvalue weighted by atomic mass is 9.90. The van der Waals surface area contributed by atoms with E-state index < -0.39 is 11.9 Å². The molecule has 1 aliphatic rings. The first-order valence-corrected chi connectivity index (χ1v) is 7.81. The number of hydrogen-bond acceptors (Lipinski definition) is 3. The average molecular weight is 305 g/mol. The number of carbonyl (C=O) groups excluding carboxylic acids is 1. The van der Waals surface area contributed by atoms with E-state index in [9.17, 15) is 14.7 Å². The normalized spacial score (nSPS) is 21.5. The standard InChI is InChI=1S/C17H23NO4/c1-3-10-22-14-7-4-6-13(11-14)16(19)18-9-5-8-15(12(18)2)17(20)21/h4,6-7,11-12,15H,3,5,8-10H2,1-2H3,(H,20,21)/t12-,15-/m0/s1. The van der Waals surface area contributed by atoms with Crippen LogP contribution < -0.4 is 4.74 Å². The lowest BCUT2D eigenvalue weighted by Crippen LogP contribution is -2.49. The summed E-state index contributed by atoms with van der Waals surface area (Å²) in [6.07, 6.45) is 2.25. The van der Waals surface area contributed by atoms with E-state index in [2.05, 4.69) is 0 Å². The zero-order valence-corrected chi connectivity index (χ0v) is 13.1. The summed E-state index contributed by atoms with van der Waals surface area (Å²) in [5.74, 6) is -0.769. The fourth-order valence-electron chi connectivity index (χ4n) is 2.86. The Morgan fingerprint density at radius 2 is 2.18 bits per heavy atom. The topological polar surface area (TPSA) is 66.8 Å². The van der Waals surface area contributed by atoms with Gasteiger partial charge in [-0.2, -0.15) is 0 Å². The van der Waals surface area contributed by atoms with Crippen LogP contribution in [0.5, 0.6) is 5.75 Å². The molecule has 120 valence electrons. The van der Waals surface area contributed by atoms with Crippen LogP contribution in [0, 0.1) is 5.92 Å². The number of amides is 1. The van der Waals surface area contributed by atoms with Gasteiger partial charge in [-0.1, -0.05) is 13.0 Å². The monoisotopic (exact) mass is 305 g/mol. The summed E-state index contributed by atoms with van der Waals surface area (Å²) in [6.45, 7) is 5.05. The maximum Gasteiger partial charge on any atom is 0.308 e. The van der Waals surface area contributed by atoms with Crippen LogP contribution in [-0.4, -0.2) is 41.1 Å². The lowest BCUT2D eigenvalue weighted by molar-refractivity contribution is -0.144. The van der Waals surface area contributed by atoms with E-state index in [1.54, 1.807) is 23.1 Å². The van der Waals surface area contributed by atoms with Gasteiger partial charge in [0.2, 0.25) is 0 Å². The quantitative estimate of drug-likeness (QED) is 0.908. The number of benzene rings is 1. The van der Waals surface area contributed by atoms with Gasteiger partial charge in [-0.05, 0) is 44.4 Å². The SMILES string of the molecule is CCCOc1cccc(C(=O)N2CCC[C@H](C(=O)O)[C@@H]2C)c1. The number of likely N-dealkylation sites (tertiary alicyclic amines) is 1. The molecule has 0 radical (unpaired) electrons. The molecule has 0 saturated carbocycles. The number of rotatable bonds is 5. The van der Waals surface area contributed by atoms with Crippen LogP contribution in [0.25, 0.3) is 0 Å². The van der Waals surface area contributed by atoms with Crippen LogP contribution in [0.15, 0.2) is 24.3 Å². The highest BCUT2D eigenvalue weighted by molar-refractivity contribution is 5.95. The van der Waals surface area contributed by atoms with Gasteiger partial charge in [-0.15, -0.1) is 0 Å². The van der Waals surface area contributed by atoms with Gasteiger partial charge >= 0.3 is 5.97 Å². The molecule has 1 fully saturated rings. The molecule has 0 spiro atoms. The van der Waals surface area contributed by atoms with Crippen LogP contribution in [0.4, 0.5) is 0 Å². The molecule has 0 unspecified atom stereocenters. The first-order chi connectivity index (χ1) is 10.5. The minimum Gasteiger partial charge on any atom is -0.494 e. The van der Waals surface area contributed by atoms with Crippen molar-refractivity contribution in [3.05, 3.63) is 29.8 Å². The highest BCUT2D eigenvalue weighted by Crippen LogP contribution is 2.26. The largest absolute Gasteiger partial charge is 0.494 e. The molecule has 0 aliphatic carbocycles. The fraction of sp³-hybridized carbons (Fsp3) is 0.529. The Morgan fingerprint density at radius 1 is 1.41 bits per heavy atom. The first-order valence-electron chi connectivity index (χ1n) is 7.81. The number of carboxylic acids is 1. The predicted octanol–water partition coefficient (Wildman–Crippen LogP) is 2.80. The van der Waals surface area contributed by atoms with Crippen LogP contribution in [0.3, 0.4) is 0 Å². The van der Waals surface area contributed by atoms with Gasteiger partial charge in [0.05, 0.1) is 12.5 Å². The second-order valence-electron chi connectivity index (χ2n) is 5.70. The highest BCUT2D eigenvalue weighted by atomic mass is 16.5. The van der Waals surface area contributed by atoms with Gasteiger partial charge in [0.1, 0.15) is 5.75 Å². The van der Waals surface area contributed by atoms with Crippen LogP contribution in [-0.2, 0) is 4.79 Å². The van der Waals surface area contributed by atoms with Crippen molar-refractivity contribution < 1.29 is 19.4 Å². The van der Waals surface area contributed by atoms with Gasteiger partial charge in [0, 0.05) is 18.2 Å². The smallest absolute Gasteiger partial charge is 0.308 e. The number of ether oxygens (including phenoxy) is 1. The van der Waals surface area contributed by atoms with Crippen molar-refractivity contribution in [3.8, 4) is 5.75 Å². The maximum absolute atomic E-state index is 12.7. The third-order valence-electron chi connectivity index (χ3n) is 4.12. The van der Waals surface area contributed by atoms with Gasteiger partial charge < -0.3 is 14.7 Å². The Bertz CT molecular complexity index is 543. The molecule has 1 amide bonds. The Labute approximate surface area is 130 Å². The molecule has 5 heteroatoms. The average Bonchev–Trinajstić information content (AvgIpc) is 2.52. The molecule has 0 aromatic heterocycles. The first kappa shape index (κ1) is 16.3. The molecule has 1 aliphatic heterocycles. The number of carbonyl (C=O) groups is 2. The van der Waals surface area contributed by atoms with Crippen LogP contribution in [0.1, 0.15) is 43.5 Å². The molecular formula is C17H23NO4. The van der Waals surface area contributed by atoms with Crippen molar-refractivity contribution >= 4 is 11.9 Å². The highest BCUT2D eigenvalue weighted by Gasteiger charge is 2.35. The van der Waals surface area contributed by atoms with E-state index in [1.165, 1.54) is 0 Å². The summed E-state index contributed by atoms with van der Waals surface area (Å²) in [4.78, 5) is 25.6. The Balaban J connectivity index is 2.14. The van der Waals surface area contributed by atoms with Crippen molar-refractivity contribution in [2.75, 3.05) is 13.2 Å². The summed E-state index contributed by atoms with van der Waals surface area (Å²) in [6, 6.07) is 6.81.